The van der Waals surface area contributed by atoms with Gasteiger partial charge in [-0.1, -0.05) is 36.8 Å². The summed E-state index contributed by atoms with van der Waals surface area (Å²) < 4.78 is 0. The van der Waals surface area contributed by atoms with Crippen molar-refractivity contribution in [2.24, 2.45) is 11.5 Å². The minimum atomic E-state index is -1.20. The van der Waals surface area contributed by atoms with Gasteiger partial charge in [-0.25, -0.2) is 4.79 Å². The molecule has 0 saturated heterocycles. The standard InChI is InChI=1S/C21H33N5O5S/c1-13(24-19(28)15(23)9-5-6-10-22)18(27)26-17(12-32)20(29)25-16(21(30)31)11-14-7-3-2-4-8-14/h2-4,7-8,13,15-17,32H,5-6,9-12,22-23H2,1H3,(H,24,28)(H,25,29)(H,26,27)(H,30,31). The number of nitrogens with two attached hydrogens (primary N) is 2. The second-order valence-corrected chi connectivity index (χ2v) is 7.82. The fourth-order valence-corrected chi connectivity index (χ4v) is 3.10. The van der Waals surface area contributed by atoms with Crippen molar-refractivity contribution in [3.8, 4) is 0 Å². The van der Waals surface area contributed by atoms with Gasteiger partial charge in [0, 0.05) is 12.2 Å². The lowest BCUT2D eigenvalue weighted by Gasteiger charge is -2.23. The van der Waals surface area contributed by atoms with Crippen LogP contribution in [0.3, 0.4) is 0 Å². The van der Waals surface area contributed by atoms with Gasteiger partial charge in [-0.2, -0.15) is 12.6 Å². The lowest BCUT2D eigenvalue weighted by molar-refractivity contribution is -0.142. The maximum atomic E-state index is 12.6. The molecule has 0 aliphatic carbocycles. The molecule has 0 bridgehead atoms. The van der Waals surface area contributed by atoms with Crippen LogP contribution in [-0.4, -0.2) is 65.3 Å². The van der Waals surface area contributed by atoms with Crippen molar-refractivity contribution in [1.29, 1.82) is 0 Å². The largest absolute Gasteiger partial charge is 0.480 e. The summed E-state index contributed by atoms with van der Waals surface area (Å²) in [5.74, 6) is -3.04. The van der Waals surface area contributed by atoms with E-state index < -0.39 is 47.9 Å². The second-order valence-electron chi connectivity index (χ2n) is 7.45. The number of aliphatic carboxylic acids is 1. The van der Waals surface area contributed by atoms with E-state index in [1.54, 1.807) is 30.3 Å². The zero-order valence-corrected chi connectivity index (χ0v) is 19.0. The van der Waals surface area contributed by atoms with Crippen molar-refractivity contribution in [2.75, 3.05) is 12.3 Å². The smallest absolute Gasteiger partial charge is 0.326 e. The summed E-state index contributed by atoms with van der Waals surface area (Å²) >= 11 is 4.08. The van der Waals surface area contributed by atoms with Crippen molar-refractivity contribution in [3.63, 3.8) is 0 Å². The van der Waals surface area contributed by atoms with E-state index in [0.717, 1.165) is 12.0 Å². The van der Waals surface area contributed by atoms with Gasteiger partial charge < -0.3 is 32.5 Å². The van der Waals surface area contributed by atoms with Gasteiger partial charge in [0.1, 0.15) is 18.1 Å². The molecule has 11 heteroatoms. The zero-order chi connectivity index (χ0) is 24.1. The van der Waals surface area contributed by atoms with E-state index in [0.29, 0.717) is 19.4 Å². The zero-order valence-electron chi connectivity index (χ0n) is 18.1. The first-order chi connectivity index (χ1) is 15.2. The number of benzene rings is 1. The molecule has 0 aliphatic heterocycles. The van der Waals surface area contributed by atoms with E-state index in [9.17, 15) is 24.3 Å². The average molecular weight is 468 g/mol. The third-order valence-electron chi connectivity index (χ3n) is 4.77. The number of hydrogen-bond donors (Lipinski definition) is 7. The van der Waals surface area contributed by atoms with Crippen LogP contribution in [0, 0.1) is 0 Å². The van der Waals surface area contributed by atoms with Gasteiger partial charge in [-0.3, -0.25) is 14.4 Å². The van der Waals surface area contributed by atoms with Crippen LogP contribution in [0.15, 0.2) is 30.3 Å². The number of rotatable bonds is 14. The molecule has 0 heterocycles. The Balaban J connectivity index is 2.63. The number of amides is 3. The molecule has 0 aromatic heterocycles. The van der Waals surface area contributed by atoms with Crippen molar-refractivity contribution < 1.29 is 24.3 Å². The van der Waals surface area contributed by atoms with Crippen molar-refractivity contribution >= 4 is 36.3 Å². The summed E-state index contributed by atoms with van der Waals surface area (Å²) in [5, 5.41) is 16.9. The van der Waals surface area contributed by atoms with E-state index in [-0.39, 0.29) is 12.2 Å². The van der Waals surface area contributed by atoms with Crippen LogP contribution in [-0.2, 0) is 25.6 Å². The molecule has 4 unspecified atom stereocenters. The summed E-state index contributed by atoms with van der Waals surface area (Å²) in [6.45, 7) is 1.97. The van der Waals surface area contributed by atoms with Crippen LogP contribution in [0.5, 0.6) is 0 Å². The molecule has 32 heavy (non-hydrogen) atoms. The molecule has 1 aromatic carbocycles. The average Bonchev–Trinajstić information content (AvgIpc) is 2.77. The molecule has 4 atom stereocenters. The molecule has 1 rings (SSSR count). The molecule has 0 spiro atoms. The molecule has 0 fully saturated rings. The van der Waals surface area contributed by atoms with E-state index >= 15 is 0 Å². The van der Waals surface area contributed by atoms with E-state index in [4.69, 9.17) is 11.5 Å². The maximum Gasteiger partial charge on any atom is 0.326 e. The Morgan fingerprint density at radius 3 is 2.16 bits per heavy atom. The third-order valence-corrected chi connectivity index (χ3v) is 5.14. The predicted molar refractivity (Wildman–Crippen MR) is 124 cm³/mol. The van der Waals surface area contributed by atoms with Crippen LogP contribution < -0.4 is 27.4 Å². The van der Waals surface area contributed by atoms with Crippen LogP contribution in [0.1, 0.15) is 31.7 Å². The van der Waals surface area contributed by atoms with E-state index in [1.807, 2.05) is 0 Å². The topological polar surface area (TPSA) is 177 Å². The van der Waals surface area contributed by atoms with Gasteiger partial charge >= 0.3 is 5.97 Å². The van der Waals surface area contributed by atoms with Crippen molar-refractivity contribution in [2.45, 2.75) is 56.8 Å². The number of carboxylic acid groups (broad SMARTS) is 1. The highest BCUT2D eigenvalue weighted by molar-refractivity contribution is 7.80. The van der Waals surface area contributed by atoms with E-state index in [2.05, 4.69) is 28.6 Å². The molecular weight excluding hydrogens is 434 g/mol. The highest BCUT2D eigenvalue weighted by atomic mass is 32.1. The summed E-state index contributed by atoms with van der Waals surface area (Å²) in [7, 11) is 0. The van der Waals surface area contributed by atoms with Gasteiger partial charge in [0.2, 0.25) is 17.7 Å². The Morgan fingerprint density at radius 2 is 1.59 bits per heavy atom. The normalized spacial score (nSPS) is 14.5. The lowest BCUT2D eigenvalue weighted by Crippen LogP contribution is -2.57. The minimum absolute atomic E-state index is 0.0610. The Kier molecular flexibility index (Phi) is 12.4. The fourth-order valence-electron chi connectivity index (χ4n) is 2.84. The third kappa shape index (κ3) is 9.67. The fraction of sp³-hybridized carbons (Fsp3) is 0.524. The summed E-state index contributed by atoms with van der Waals surface area (Å²) in [4.78, 5) is 48.7. The number of unbranched alkanes of at least 4 members (excludes halogenated alkanes) is 1. The number of carbonyl (C=O) groups is 4. The molecule has 178 valence electrons. The minimum Gasteiger partial charge on any atom is -0.480 e. The number of carboxylic acids is 1. The van der Waals surface area contributed by atoms with Crippen LogP contribution >= 0.6 is 12.6 Å². The Morgan fingerprint density at radius 1 is 0.969 bits per heavy atom. The van der Waals surface area contributed by atoms with Crippen LogP contribution in [0.2, 0.25) is 0 Å². The Labute approximate surface area is 193 Å². The number of thiol groups is 1. The highest BCUT2D eigenvalue weighted by Crippen LogP contribution is 2.05. The molecule has 1 aromatic rings. The molecule has 3 amide bonds. The van der Waals surface area contributed by atoms with Gasteiger partial charge in [-0.15, -0.1) is 0 Å². The Hall–Kier alpha value is -2.63. The molecule has 8 N–H and O–H groups in total. The first-order valence-electron chi connectivity index (χ1n) is 10.4. The van der Waals surface area contributed by atoms with Crippen molar-refractivity contribution in [1.82, 2.24) is 16.0 Å². The molecular formula is C21H33N5O5S. The first-order valence-corrected chi connectivity index (χ1v) is 11.1. The van der Waals surface area contributed by atoms with Gasteiger partial charge in [0.25, 0.3) is 0 Å². The number of hydrogen-bond acceptors (Lipinski definition) is 7. The summed E-state index contributed by atoms with van der Waals surface area (Å²) in [5.41, 5.74) is 12.0. The van der Waals surface area contributed by atoms with E-state index in [1.165, 1.54) is 6.92 Å². The predicted octanol–water partition coefficient (Wildman–Crippen LogP) is -0.826. The second kappa shape index (κ2) is 14.4. The molecule has 10 nitrogen and oxygen atoms in total. The molecule has 0 saturated carbocycles. The summed E-state index contributed by atoms with van der Waals surface area (Å²) in [6, 6.07) is 4.88. The summed E-state index contributed by atoms with van der Waals surface area (Å²) in [6.07, 6.45) is 1.97. The van der Waals surface area contributed by atoms with Crippen molar-refractivity contribution in [3.05, 3.63) is 35.9 Å². The van der Waals surface area contributed by atoms with Gasteiger partial charge in [0.05, 0.1) is 6.04 Å². The van der Waals surface area contributed by atoms with Gasteiger partial charge in [-0.05, 0) is 31.9 Å². The number of nitrogens with one attached hydrogen (secondary N) is 3. The SMILES string of the molecule is CC(NC(=O)C(N)CCCCN)C(=O)NC(CS)C(=O)NC(Cc1ccccc1)C(=O)O. The molecule has 0 radical (unpaired) electrons. The van der Waals surface area contributed by atoms with Crippen LogP contribution in [0.4, 0.5) is 0 Å². The Bertz CT molecular complexity index is 764. The van der Waals surface area contributed by atoms with Crippen LogP contribution in [0.25, 0.3) is 0 Å². The molecule has 0 aliphatic rings. The highest BCUT2D eigenvalue weighted by Gasteiger charge is 2.28. The first kappa shape index (κ1) is 27.4. The lowest BCUT2D eigenvalue weighted by atomic mass is 10.1. The maximum absolute atomic E-state index is 12.6. The quantitative estimate of drug-likeness (QED) is 0.138. The van der Waals surface area contributed by atoms with Gasteiger partial charge in [0.15, 0.2) is 0 Å². The monoisotopic (exact) mass is 467 g/mol. The number of carbonyl (C=O) groups excluding carboxylic acids is 3.